The Hall–Kier alpha value is -2.34. The Morgan fingerprint density at radius 3 is 2.20 bits per heavy atom. The van der Waals surface area contributed by atoms with Gasteiger partial charge in [-0.3, -0.25) is 0 Å². The molecule has 0 fully saturated rings. The molecule has 30 heavy (non-hydrogen) atoms. The lowest BCUT2D eigenvalue weighted by Crippen LogP contribution is -1.91. The van der Waals surface area contributed by atoms with Gasteiger partial charge in [0, 0.05) is 0 Å². The first-order valence-corrected chi connectivity index (χ1v) is 11.6. The van der Waals surface area contributed by atoms with Crippen LogP contribution in [0, 0.1) is 5.92 Å². The molecule has 0 aliphatic rings. The Labute approximate surface area is 186 Å². The number of allylic oxidation sites excluding steroid dienone is 6. The maximum absolute atomic E-state index is 4.01. The second-order valence-electron chi connectivity index (χ2n) is 8.27. The van der Waals surface area contributed by atoms with Crippen molar-refractivity contribution >= 4 is 10.8 Å². The van der Waals surface area contributed by atoms with Crippen molar-refractivity contribution in [2.45, 2.75) is 73.1 Å². The Morgan fingerprint density at radius 1 is 1.00 bits per heavy atom. The molecule has 0 aliphatic heterocycles. The first-order valence-electron chi connectivity index (χ1n) is 11.6. The lowest BCUT2D eigenvalue weighted by Gasteiger charge is -2.08. The topological polar surface area (TPSA) is 0 Å². The second-order valence-corrected chi connectivity index (χ2v) is 8.27. The molecular formula is C30H42. The predicted octanol–water partition coefficient (Wildman–Crippen LogP) is 9.63. The Kier molecular flexibility index (Phi) is 12.5. The minimum Gasteiger partial charge on any atom is -0.0985 e. The summed E-state index contributed by atoms with van der Waals surface area (Å²) in [5.41, 5.74) is 4.90. The van der Waals surface area contributed by atoms with E-state index in [2.05, 4.69) is 95.5 Å². The smallest absolute Gasteiger partial charge is 0.0152 e. The van der Waals surface area contributed by atoms with Crippen molar-refractivity contribution < 1.29 is 0 Å². The van der Waals surface area contributed by atoms with Crippen LogP contribution in [0.15, 0.2) is 90.6 Å². The van der Waals surface area contributed by atoms with E-state index >= 15 is 0 Å². The molecule has 2 rings (SSSR count). The molecule has 0 bridgehead atoms. The fourth-order valence-corrected chi connectivity index (χ4v) is 3.78. The summed E-state index contributed by atoms with van der Waals surface area (Å²) in [5, 5.41) is 2.67. The largest absolute Gasteiger partial charge is 0.0985 e. The molecule has 0 saturated heterocycles. The average molecular weight is 403 g/mol. The molecule has 162 valence electrons. The van der Waals surface area contributed by atoms with E-state index < -0.39 is 0 Å². The van der Waals surface area contributed by atoms with Crippen LogP contribution in [-0.4, -0.2) is 0 Å². The van der Waals surface area contributed by atoms with Gasteiger partial charge in [-0.15, -0.1) is 0 Å². The zero-order valence-electron chi connectivity index (χ0n) is 20.0. The molecule has 0 heteroatoms. The molecular weight excluding hydrogens is 360 g/mol. The van der Waals surface area contributed by atoms with Gasteiger partial charge >= 0.3 is 0 Å². The predicted molar refractivity (Wildman–Crippen MR) is 138 cm³/mol. The van der Waals surface area contributed by atoms with Crippen LogP contribution in [0.5, 0.6) is 0 Å². The fourth-order valence-electron chi connectivity index (χ4n) is 3.78. The second kappa shape index (κ2) is 14.6. The maximum atomic E-state index is 4.01. The number of hydrogen-bond acceptors (Lipinski definition) is 0. The Balaban J connectivity index is 0.000000479. The number of benzene rings is 2. The van der Waals surface area contributed by atoms with Crippen molar-refractivity contribution in [1.82, 2.24) is 0 Å². The lowest BCUT2D eigenvalue weighted by molar-refractivity contribution is 0.480. The monoisotopic (exact) mass is 402 g/mol. The van der Waals surface area contributed by atoms with E-state index in [1.807, 2.05) is 13.0 Å². The SMILES string of the molecule is C=C/C(=C\C(=C/C)CCc1cccc2ccccc12)C(=C)C.CCCC(C)CCC. The summed E-state index contributed by atoms with van der Waals surface area (Å²) >= 11 is 0. The van der Waals surface area contributed by atoms with Crippen LogP contribution in [0.1, 0.15) is 72.3 Å². The van der Waals surface area contributed by atoms with Gasteiger partial charge in [-0.1, -0.05) is 131 Å². The van der Waals surface area contributed by atoms with Gasteiger partial charge in [0.2, 0.25) is 0 Å². The maximum Gasteiger partial charge on any atom is -0.0152 e. The number of hydrogen-bond donors (Lipinski definition) is 0. The van der Waals surface area contributed by atoms with E-state index in [-0.39, 0.29) is 0 Å². The van der Waals surface area contributed by atoms with Crippen LogP contribution >= 0.6 is 0 Å². The van der Waals surface area contributed by atoms with E-state index in [4.69, 9.17) is 0 Å². The van der Waals surface area contributed by atoms with E-state index in [0.717, 1.165) is 29.9 Å². The van der Waals surface area contributed by atoms with Crippen LogP contribution < -0.4 is 0 Å². The van der Waals surface area contributed by atoms with Gasteiger partial charge in [0.15, 0.2) is 0 Å². The van der Waals surface area contributed by atoms with Crippen molar-refractivity contribution in [3.63, 3.8) is 0 Å². The van der Waals surface area contributed by atoms with Crippen LogP contribution in [0.4, 0.5) is 0 Å². The van der Waals surface area contributed by atoms with Crippen molar-refractivity contribution in [2.24, 2.45) is 5.92 Å². The molecule has 0 atom stereocenters. The fraction of sp³-hybridized carbons (Fsp3) is 0.400. The van der Waals surface area contributed by atoms with Crippen molar-refractivity contribution in [1.29, 1.82) is 0 Å². The zero-order valence-corrected chi connectivity index (χ0v) is 20.0. The van der Waals surface area contributed by atoms with Gasteiger partial charge in [0.1, 0.15) is 0 Å². The van der Waals surface area contributed by atoms with Gasteiger partial charge < -0.3 is 0 Å². The van der Waals surface area contributed by atoms with Gasteiger partial charge in [0.25, 0.3) is 0 Å². The Bertz CT molecular complexity index is 836. The summed E-state index contributed by atoms with van der Waals surface area (Å²) in [6, 6.07) is 15.1. The highest BCUT2D eigenvalue weighted by Crippen LogP contribution is 2.22. The lowest BCUT2D eigenvalue weighted by atomic mass is 9.97. The van der Waals surface area contributed by atoms with Crippen LogP contribution in [0.25, 0.3) is 10.8 Å². The van der Waals surface area contributed by atoms with E-state index in [1.165, 1.54) is 47.6 Å². The quantitative estimate of drug-likeness (QED) is 0.347. The van der Waals surface area contributed by atoms with Gasteiger partial charge in [-0.25, -0.2) is 0 Å². The van der Waals surface area contributed by atoms with Crippen LogP contribution in [0.3, 0.4) is 0 Å². The molecule has 0 radical (unpaired) electrons. The first-order chi connectivity index (χ1) is 14.5. The highest BCUT2D eigenvalue weighted by molar-refractivity contribution is 5.85. The molecule has 0 amide bonds. The standard InChI is InChI=1S/C22H24.C8H18/c1-5-18(16-19(6-2)17(3)4)14-15-21-12-9-11-20-10-7-8-13-22(20)21;1-4-6-8(3)7-5-2/h5-13,16H,2-3,14-15H2,1,4H3;8H,4-7H2,1-3H3/b18-5-,19-16+;. The molecule has 0 spiro atoms. The molecule has 0 aromatic heterocycles. The summed E-state index contributed by atoms with van der Waals surface area (Å²) in [4.78, 5) is 0. The molecule has 0 aliphatic carbocycles. The Morgan fingerprint density at radius 2 is 1.63 bits per heavy atom. The first kappa shape index (κ1) is 25.7. The van der Waals surface area contributed by atoms with E-state index in [9.17, 15) is 0 Å². The van der Waals surface area contributed by atoms with E-state index in [1.54, 1.807) is 0 Å². The zero-order chi connectivity index (χ0) is 22.4. The molecule has 0 nitrogen and oxygen atoms in total. The number of rotatable bonds is 10. The molecule has 0 N–H and O–H groups in total. The minimum atomic E-state index is 0.963. The van der Waals surface area contributed by atoms with Crippen molar-refractivity contribution in [2.75, 3.05) is 0 Å². The third-order valence-corrected chi connectivity index (χ3v) is 5.55. The van der Waals surface area contributed by atoms with Gasteiger partial charge in [0.05, 0.1) is 0 Å². The number of fused-ring (bicyclic) bond motifs is 1. The molecule has 0 unspecified atom stereocenters. The summed E-state index contributed by atoms with van der Waals surface area (Å²) < 4.78 is 0. The van der Waals surface area contributed by atoms with E-state index in [0.29, 0.717) is 0 Å². The van der Waals surface area contributed by atoms with Crippen LogP contribution in [-0.2, 0) is 6.42 Å². The molecule has 2 aromatic rings. The minimum absolute atomic E-state index is 0.963. The summed E-state index contributed by atoms with van der Waals surface area (Å²) in [6.45, 7) is 18.8. The average Bonchev–Trinajstić information content (AvgIpc) is 2.74. The van der Waals surface area contributed by atoms with Crippen LogP contribution in [0.2, 0.25) is 0 Å². The normalized spacial score (nSPS) is 11.9. The molecule has 0 heterocycles. The van der Waals surface area contributed by atoms with Crippen molar-refractivity contribution in [3.8, 4) is 0 Å². The molecule has 0 saturated carbocycles. The molecule has 2 aromatic carbocycles. The third kappa shape index (κ3) is 8.99. The highest BCUT2D eigenvalue weighted by atomic mass is 14.1. The summed E-state index contributed by atoms with van der Waals surface area (Å²) in [5.74, 6) is 0.963. The third-order valence-electron chi connectivity index (χ3n) is 5.55. The highest BCUT2D eigenvalue weighted by Gasteiger charge is 2.02. The van der Waals surface area contributed by atoms with Gasteiger partial charge in [-0.05, 0) is 54.5 Å². The number of aryl methyl sites for hydroxylation is 1. The summed E-state index contributed by atoms with van der Waals surface area (Å²) in [7, 11) is 0. The van der Waals surface area contributed by atoms with Crippen molar-refractivity contribution in [3.05, 3.63) is 96.1 Å². The summed E-state index contributed by atoms with van der Waals surface area (Å²) in [6.07, 6.45) is 13.8. The van der Waals surface area contributed by atoms with Gasteiger partial charge in [-0.2, -0.15) is 0 Å².